The maximum Gasteiger partial charge on any atom is 0.170 e. The van der Waals surface area contributed by atoms with Crippen LogP contribution in [0.2, 0.25) is 0 Å². The Bertz CT molecular complexity index is 445. The van der Waals surface area contributed by atoms with E-state index in [0.29, 0.717) is 5.11 Å². The molecule has 1 aliphatic rings. The molecule has 0 unspecified atom stereocenters. The second-order valence-electron chi connectivity index (χ2n) is 4.65. The van der Waals surface area contributed by atoms with Crippen molar-refractivity contribution in [3.05, 3.63) is 23.8 Å². The number of methoxy groups -OCH3 is 1. The molecule has 1 aromatic rings. The van der Waals surface area contributed by atoms with Crippen molar-refractivity contribution < 1.29 is 9.47 Å². The zero-order chi connectivity index (χ0) is 13.7. The zero-order valence-corrected chi connectivity index (χ0v) is 12.2. The van der Waals surface area contributed by atoms with Gasteiger partial charge in [0.2, 0.25) is 0 Å². The molecular weight excluding hydrogens is 260 g/mol. The summed E-state index contributed by atoms with van der Waals surface area (Å²) in [5.41, 5.74) is 2.09. The summed E-state index contributed by atoms with van der Waals surface area (Å²) in [4.78, 5) is 0. The molecule has 2 N–H and O–H groups in total. The maximum absolute atomic E-state index is 5.54. The monoisotopic (exact) mass is 280 g/mol. The van der Waals surface area contributed by atoms with Gasteiger partial charge in [-0.2, -0.15) is 0 Å². The van der Waals surface area contributed by atoms with Gasteiger partial charge in [-0.3, -0.25) is 0 Å². The van der Waals surface area contributed by atoms with E-state index in [1.54, 1.807) is 7.11 Å². The van der Waals surface area contributed by atoms with Crippen molar-refractivity contribution in [2.45, 2.75) is 25.9 Å². The molecule has 1 saturated heterocycles. The van der Waals surface area contributed by atoms with E-state index in [2.05, 4.69) is 10.6 Å². The number of hydrogen-bond donors (Lipinski definition) is 2. The third-order valence-electron chi connectivity index (χ3n) is 3.20. The Hall–Kier alpha value is -1.33. The van der Waals surface area contributed by atoms with Crippen molar-refractivity contribution in [2.24, 2.45) is 0 Å². The van der Waals surface area contributed by atoms with E-state index in [9.17, 15) is 0 Å². The molecule has 104 valence electrons. The van der Waals surface area contributed by atoms with Gasteiger partial charge in [-0.1, -0.05) is 0 Å². The van der Waals surface area contributed by atoms with Crippen molar-refractivity contribution in [3.63, 3.8) is 0 Å². The molecule has 1 atom stereocenters. The number of benzene rings is 1. The lowest BCUT2D eigenvalue weighted by molar-refractivity contribution is 0.114. The van der Waals surface area contributed by atoms with Crippen LogP contribution in [0.3, 0.4) is 0 Å². The molecule has 0 aliphatic carbocycles. The van der Waals surface area contributed by atoms with Gasteiger partial charge in [0.15, 0.2) is 5.11 Å². The fourth-order valence-corrected chi connectivity index (χ4v) is 2.28. The summed E-state index contributed by atoms with van der Waals surface area (Å²) in [6.45, 7) is 3.65. The van der Waals surface area contributed by atoms with Crippen molar-refractivity contribution >= 4 is 23.0 Å². The van der Waals surface area contributed by atoms with Gasteiger partial charge in [-0.15, -0.1) is 0 Å². The van der Waals surface area contributed by atoms with Crippen LogP contribution in [-0.2, 0) is 4.74 Å². The second kappa shape index (κ2) is 6.73. The van der Waals surface area contributed by atoms with Crippen LogP contribution in [0, 0.1) is 6.92 Å². The summed E-state index contributed by atoms with van der Waals surface area (Å²) >= 11 is 5.28. The van der Waals surface area contributed by atoms with E-state index < -0.39 is 0 Å². The average Bonchev–Trinajstić information content (AvgIpc) is 2.92. The highest BCUT2D eigenvalue weighted by molar-refractivity contribution is 7.80. The van der Waals surface area contributed by atoms with Gasteiger partial charge in [-0.05, 0) is 55.7 Å². The first-order valence-corrected chi connectivity index (χ1v) is 6.91. The molecular formula is C14H20N2O2S. The van der Waals surface area contributed by atoms with Gasteiger partial charge >= 0.3 is 0 Å². The van der Waals surface area contributed by atoms with Gasteiger partial charge in [0.05, 0.1) is 13.2 Å². The molecule has 1 heterocycles. The number of anilines is 1. The first kappa shape index (κ1) is 14.1. The van der Waals surface area contributed by atoms with E-state index in [4.69, 9.17) is 21.7 Å². The Morgan fingerprint density at radius 2 is 2.37 bits per heavy atom. The molecule has 2 rings (SSSR count). The van der Waals surface area contributed by atoms with E-state index >= 15 is 0 Å². The van der Waals surface area contributed by atoms with Gasteiger partial charge < -0.3 is 20.1 Å². The van der Waals surface area contributed by atoms with Crippen molar-refractivity contribution in [1.82, 2.24) is 5.32 Å². The molecule has 0 spiro atoms. The summed E-state index contributed by atoms with van der Waals surface area (Å²) in [5.74, 6) is 0.848. The minimum absolute atomic E-state index is 0.289. The largest absolute Gasteiger partial charge is 0.497 e. The van der Waals surface area contributed by atoms with E-state index in [-0.39, 0.29) is 6.10 Å². The van der Waals surface area contributed by atoms with Crippen molar-refractivity contribution in [3.8, 4) is 5.75 Å². The lowest BCUT2D eigenvalue weighted by Gasteiger charge is -2.15. The van der Waals surface area contributed by atoms with Crippen LogP contribution < -0.4 is 15.4 Å². The predicted octanol–water partition coefficient (Wildman–Crippen LogP) is 2.47. The summed E-state index contributed by atoms with van der Waals surface area (Å²) < 4.78 is 10.7. The van der Waals surface area contributed by atoms with E-state index in [0.717, 1.165) is 43.0 Å². The van der Waals surface area contributed by atoms with Gasteiger partial charge in [0.1, 0.15) is 5.75 Å². The first-order valence-electron chi connectivity index (χ1n) is 6.50. The average molecular weight is 280 g/mol. The number of aryl methyl sites for hydroxylation is 1. The van der Waals surface area contributed by atoms with Crippen LogP contribution in [0.1, 0.15) is 18.4 Å². The predicted molar refractivity (Wildman–Crippen MR) is 80.9 cm³/mol. The number of thiocarbonyl (C=S) groups is 1. The third kappa shape index (κ3) is 4.08. The van der Waals surface area contributed by atoms with Gasteiger partial charge in [0.25, 0.3) is 0 Å². The number of ether oxygens (including phenoxy) is 2. The van der Waals surface area contributed by atoms with Gasteiger partial charge in [-0.25, -0.2) is 0 Å². The fourth-order valence-electron chi connectivity index (χ4n) is 2.08. The molecule has 0 bridgehead atoms. The zero-order valence-electron chi connectivity index (χ0n) is 11.4. The topological polar surface area (TPSA) is 42.5 Å². The quantitative estimate of drug-likeness (QED) is 0.829. The Kier molecular flexibility index (Phi) is 4.99. The van der Waals surface area contributed by atoms with Crippen LogP contribution in [0.15, 0.2) is 18.2 Å². The lowest BCUT2D eigenvalue weighted by atomic mass is 10.2. The Morgan fingerprint density at radius 1 is 1.53 bits per heavy atom. The molecule has 1 aliphatic heterocycles. The smallest absolute Gasteiger partial charge is 0.170 e. The molecule has 5 heteroatoms. The highest BCUT2D eigenvalue weighted by atomic mass is 32.1. The van der Waals surface area contributed by atoms with E-state index in [1.807, 2.05) is 25.1 Å². The summed E-state index contributed by atoms with van der Waals surface area (Å²) in [5, 5.41) is 7.02. The molecule has 1 fully saturated rings. The standard InChI is InChI=1S/C14H20N2O2S/c1-10-8-11(17-2)5-6-13(10)16-14(19)15-9-12-4-3-7-18-12/h5-6,8,12H,3-4,7,9H2,1-2H3,(H2,15,16,19)/t12-/m1/s1. The van der Waals surface area contributed by atoms with Crippen LogP contribution in [0.5, 0.6) is 5.75 Å². The fraction of sp³-hybridized carbons (Fsp3) is 0.500. The SMILES string of the molecule is COc1ccc(NC(=S)NC[C@H]2CCCO2)c(C)c1. The van der Waals surface area contributed by atoms with E-state index in [1.165, 1.54) is 0 Å². The summed E-state index contributed by atoms with van der Waals surface area (Å²) in [6, 6.07) is 5.86. The Morgan fingerprint density at radius 3 is 3.00 bits per heavy atom. The van der Waals surface area contributed by atoms with Crippen LogP contribution in [-0.4, -0.2) is 31.5 Å². The Balaban J connectivity index is 1.84. The molecule has 1 aromatic carbocycles. The maximum atomic E-state index is 5.54. The molecule has 19 heavy (non-hydrogen) atoms. The molecule has 0 aromatic heterocycles. The molecule has 0 radical (unpaired) electrons. The molecule has 4 nitrogen and oxygen atoms in total. The van der Waals surface area contributed by atoms with Crippen LogP contribution in [0.4, 0.5) is 5.69 Å². The third-order valence-corrected chi connectivity index (χ3v) is 3.44. The van der Waals surface area contributed by atoms with Crippen LogP contribution >= 0.6 is 12.2 Å². The highest BCUT2D eigenvalue weighted by Gasteiger charge is 2.15. The molecule has 0 saturated carbocycles. The minimum Gasteiger partial charge on any atom is -0.497 e. The normalized spacial score (nSPS) is 18.1. The molecule has 0 amide bonds. The Labute approximate surface area is 119 Å². The van der Waals surface area contributed by atoms with Crippen LogP contribution in [0.25, 0.3) is 0 Å². The minimum atomic E-state index is 0.289. The highest BCUT2D eigenvalue weighted by Crippen LogP contribution is 2.20. The lowest BCUT2D eigenvalue weighted by Crippen LogP contribution is -2.34. The number of hydrogen-bond acceptors (Lipinski definition) is 3. The summed E-state index contributed by atoms with van der Waals surface area (Å²) in [6.07, 6.45) is 2.54. The van der Waals surface area contributed by atoms with Crippen molar-refractivity contribution in [2.75, 3.05) is 25.6 Å². The number of rotatable bonds is 4. The summed E-state index contributed by atoms with van der Waals surface area (Å²) in [7, 11) is 1.66. The first-order chi connectivity index (χ1) is 9.19. The second-order valence-corrected chi connectivity index (χ2v) is 5.06. The number of nitrogens with one attached hydrogen (secondary N) is 2. The van der Waals surface area contributed by atoms with Crippen molar-refractivity contribution in [1.29, 1.82) is 0 Å². The van der Waals surface area contributed by atoms with Gasteiger partial charge in [0, 0.05) is 18.8 Å².